The average molecular weight is 347 g/mol. The fourth-order valence-corrected chi connectivity index (χ4v) is 4.25. The zero-order chi connectivity index (χ0) is 12.2. The minimum absolute atomic E-state index is 1.12. The van der Waals surface area contributed by atoms with Crippen LogP contribution in [0.1, 0.15) is 96.3 Å². The normalized spacial score (nSPS) is 24.5. The van der Waals surface area contributed by atoms with Crippen molar-refractivity contribution in [2.45, 2.75) is 100 Å². The predicted molar refractivity (Wildman–Crippen MR) is 81.5 cm³/mol. The van der Waals surface area contributed by atoms with E-state index in [-0.39, 0.29) is 0 Å². The summed E-state index contributed by atoms with van der Waals surface area (Å²) in [4.78, 5) is 0. The molecule has 0 nitrogen and oxygen atoms in total. The van der Waals surface area contributed by atoms with Gasteiger partial charge >= 0.3 is 123 Å². The Morgan fingerprint density at radius 3 is 0.941 bits per heavy atom. The van der Waals surface area contributed by atoms with Gasteiger partial charge in [0, 0.05) is 0 Å². The first-order valence-electron chi connectivity index (χ1n) is 8.15. The van der Waals surface area contributed by atoms with E-state index < -0.39 is 0 Å². The van der Waals surface area contributed by atoms with Gasteiger partial charge in [-0.05, 0) is 0 Å². The van der Waals surface area contributed by atoms with E-state index in [9.17, 15) is 0 Å². The van der Waals surface area contributed by atoms with E-state index >= 15 is 0 Å². The Hall–Kier alpha value is 0.818. The van der Waals surface area contributed by atoms with Gasteiger partial charge in [0.05, 0.1) is 0 Å². The second-order valence-electron chi connectivity index (χ2n) is 5.93. The van der Waals surface area contributed by atoms with Crippen molar-refractivity contribution in [2.75, 3.05) is 0 Å². The van der Waals surface area contributed by atoms with Gasteiger partial charge in [0.1, 0.15) is 0 Å². The molecular formula is C16H33Sb. The number of hydrogen-bond donors (Lipinski definition) is 0. The summed E-state index contributed by atoms with van der Waals surface area (Å²) in [5.74, 6) is 0. The van der Waals surface area contributed by atoms with E-state index in [1.807, 2.05) is 0 Å². The van der Waals surface area contributed by atoms with E-state index in [2.05, 4.69) is 0 Å². The van der Waals surface area contributed by atoms with E-state index in [4.69, 9.17) is 0 Å². The molecule has 0 aromatic rings. The van der Waals surface area contributed by atoms with E-state index in [1.54, 1.807) is 12.8 Å². The third-order valence-electron chi connectivity index (χ3n) is 4.15. The Morgan fingerprint density at radius 1 is 0.412 bits per heavy atom. The van der Waals surface area contributed by atoms with Crippen LogP contribution in [0.15, 0.2) is 0 Å². The third kappa shape index (κ3) is 10.4. The van der Waals surface area contributed by atoms with Crippen molar-refractivity contribution in [2.24, 2.45) is 0 Å². The first-order valence-corrected chi connectivity index (χ1v) is 10.1. The van der Waals surface area contributed by atoms with E-state index in [1.165, 1.54) is 106 Å². The fraction of sp³-hybridized carbons (Fsp3) is 1.00. The Bertz CT molecular complexity index is 140. The molecule has 0 atom stereocenters. The summed E-state index contributed by atoms with van der Waals surface area (Å²) in [6.07, 6.45) is 22.7. The molecular weight excluding hydrogens is 314 g/mol. The maximum absolute atomic E-state index is 1.54. The Morgan fingerprint density at radius 2 is 0.647 bits per heavy atom. The zero-order valence-electron chi connectivity index (χ0n) is 11.8. The molecule has 102 valence electrons. The molecule has 0 aromatic carbocycles. The summed E-state index contributed by atoms with van der Waals surface area (Å²) in [5, 5.41) is 0. The van der Waals surface area contributed by atoms with Crippen LogP contribution in [-0.4, -0.2) is 23.0 Å². The van der Waals surface area contributed by atoms with Gasteiger partial charge in [-0.1, -0.05) is 0 Å². The van der Waals surface area contributed by atoms with Gasteiger partial charge in [0.2, 0.25) is 0 Å². The molecule has 0 aromatic heterocycles. The van der Waals surface area contributed by atoms with Gasteiger partial charge in [-0.25, -0.2) is 0 Å². The predicted octanol–water partition coefficient (Wildman–Crippen LogP) is 5.27. The Labute approximate surface area is 123 Å². The van der Waals surface area contributed by atoms with Crippen molar-refractivity contribution in [3.8, 4) is 0 Å². The Balaban J connectivity index is 2.09. The third-order valence-corrected chi connectivity index (χ3v) is 6.05. The minimum atomic E-state index is 1.12. The van der Waals surface area contributed by atoms with Crippen LogP contribution in [0.4, 0.5) is 0 Å². The molecule has 0 unspecified atom stereocenters. The van der Waals surface area contributed by atoms with Crippen molar-refractivity contribution in [1.29, 1.82) is 0 Å². The van der Waals surface area contributed by atoms with Crippen LogP contribution in [0, 0.1) is 0 Å². The van der Waals surface area contributed by atoms with Crippen molar-refractivity contribution < 1.29 is 0 Å². The summed E-state index contributed by atoms with van der Waals surface area (Å²) in [5.41, 5.74) is 0. The molecule has 1 fully saturated rings. The molecule has 1 aliphatic carbocycles. The monoisotopic (exact) mass is 346 g/mol. The second-order valence-corrected chi connectivity index (χ2v) is 8.62. The quantitative estimate of drug-likeness (QED) is 0.524. The van der Waals surface area contributed by atoms with Gasteiger partial charge < -0.3 is 0 Å². The zero-order valence-corrected chi connectivity index (χ0v) is 15.1. The molecule has 1 rings (SSSR count). The second kappa shape index (κ2) is 11.9. The van der Waals surface area contributed by atoms with Crippen molar-refractivity contribution in [3.63, 3.8) is 0 Å². The van der Waals surface area contributed by atoms with Crippen molar-refractivity contribution in [1.82, 2.24) is 0 Å². The topological polar surface area (TPSA) is 0 Å². The van der Waals surface area contributed by atoms with Crippen LogP contribution in [0.2, 0.25) is 3.86 Å². The molecule has 0 N–H and O–H groups in total. The standard InChI is InChI=1S/C16H31.Sb.2H/c1-2-4-6-8-10-12-14-16-15-13-11-9-7-5-3-1;;;/h1H,2-16H2;;;. The summed E-state index contributed by atoms with van der Waals surface area (Å²) < 4.78 is 1.12. The van der Waals surface area contributed by atoms with Crippen LogP contribution in [-0.2, 0) is 0 Å². The molecule has 1 heteroatoms. The molecule has 0 heterocycles. The van der Waals surface area contributed by atoms with Gasteiger partial charge in [0.25, 0.3) is 0 Å². The first kappa shape index (κ1) is 15.9. The molecule has 0 amide bonds. The molecule has 0 bridgehead atoms. The van der Waals surface area contributed by atoms with Gasteiger partial charge in [-0.15, -0.1) is 0 Å². The molecule has 0 spiro atoms. The molecule has 1 aliphatic rings. The molecule has 0 aliphatic heterocycles. The summed E-state index contributed by atoms with van der Waals surface area (Å²) >= 11 is 1.50. The molecule has 0 saturated heterocycles. The summed E-state index contributed by atoms with van der Waals surface area (Å²) in [7, 11) is 0. The number of hydrogen-bond acceptors (Lipinski definition) is 0. The Kier molecular flexibility index (Phi) is 11.1. The summed E-state index contributed by atoms with van der Waals surface area (Å²) in [6, 6.07) is 0. The van der Waals surface area contributed by atoms with Crippen LogP contribution in [0.5, 0.6) is 0 Å². The van der Waals surface area contributed by atoms with Crippen LogP contribution >= 0.6 is 0 Å². The van der Waals surface area contributed by atoms with Gasteiger partial charge in [0.15, 0.2) is 0 Å². The van der Waals surface area contributed by atoms with Gasteiger partial charge in [-0.3, -0.25) is 0 Å². The van der Waals surface area contributed by atoms with Crippen LogP contribution in [0.25, 0.3) is 0 Å². The average Bonchev–Trinajstić information content (AvgIpc) is 2.32. The van der Waals surface area contributed by atoms with Crippen LogP contribution < -0.4 is 0 Å². The first-order chi connectivity index (χ1) is 8.39. The molecule has 1 saturated carbocycles. The van der Waals surface area contributed by atoms with E-state index in [0.29, 0.717) is 0 Å². The van der Waals surface area contributed by atoms with Crippen molar-refractivity contribution in [3.05, 3.63) is 0 Å². The fourth-order valence-electron chi connectivity index (χ4n) is 2.90. The summed E-state index contributed by atoms with van der Waals surface area (Å²) in [6.45, 7) is 0. The molecule has 0 radical (unpaired) electrons. The SMILES string of the molecule is [SbH2][CH]1CCCCCCCCCCCCCCC1. The maximum atomic E-state index is 1.54. The van der Waals surface area contributed by atoms with E-state index in [0.717, 1.165) is 3.86 Å². The van der Waals surface area contributed by atoms with Crippen LogP contribution in [0.3, 0.4) is 0 Å². The molecule has 17 heavy (non-hydrogen) atoms. The van der Waals surface area contributed by atoms with Gasteiger partial charge in [-0.2, -0.15) is 0 Å². The van der Waals surface area contributed by atoms with Crippen molar-refractivity contribution >= 4 is 23.0 Å². The number of rotatable bonds is 0.